The highest BCUT2D eigenvalue weighted by molar-refractivity contribution is 5.97. The molecule has 0 radical (unpaired) electrons. The van der Waals surface area contributed by atoms with E-state index in [9.17, 15) is 4.79 Å². The van der Waals surface area contributed by atoms with E-state index in [2.05, 4.69) is 25.8 Å². The molecule has 27 heavy (non-hydrogen) atoms. The van der Waals surface area contributed by atoms with E-state index in [0.29, 0.717) is 11.3 Å². The van der Waals surface area contributed by atoms with Gasteiger partial charge in [0.2, 0.25) is 0 Å². The van der Waals surface area contributed by atoms with Crippen molar-refractivity contribution in [2.24, 2.45) is 0 Å². The van der Waals surface area contributed by atoms with Crippen molar-refractivity contribution in [2.75, 3.05) is 0 Å². The molecular weight excluding hydrogens is 342 g/mol. The fourth-order valence-corrected chi connectivity index (χ4v) is 2.84. The number of amides is 1. The van der Waals surface area contributed by atoms with Gasteiger partial charge in [-0.25, -0.2) is 4.98 Å². The van der Waals surface area contributed by atoms with Crippen LogP contribution in [0, 0.1) is 0 Å². The largest absolute Gasteiger partial charge is 0.345 e. The third kappa shape index (κ3) is 3.45. The Morgan fingerprint density at radius 3 is 2.59 bits per heavy atom. The lowest BCUT2D eigenvalue weighted by Gasteiger charge is -2.16. The lowest BCUT2D eigenvalue weighted by molar-refractivity contribution is 0.0939. The van der Waals surface area contributed by atoms with Gasteiger partial charge >= 0.3 is 0 Å². The number of aromatic nitrogens is 6. The molecular formula is C19H17N7O. The number of hydrogen-bond acceptors (Lipinski definition) is 5. The van der Waals surface area contributed by atoms with Gasteiger partial charge in [-0.1, -0.05) is 24.3 Å². The molecule has 134 valence electrons. The summed E-state index contributed by atoms with van der Waals surface area (Å²) in [5.74, 6) is -0.188. The van der Waals surface area contributed by atoms with Crippen molar-refractivity contribution >= 4 is 5.91 Å². The number of para-hydroxylation sites is 1. The van der Waals surface area contributed by atoms with Gasteiger partial charge in [0, 0.05) is 18.1 Å². The molecule has 0 aliphatic heterocycles. The molecule has 1 unspecified atom stereocenters. The Kier molecular flexibility index (Phi) is 4.44. The first kappa shape index (κ1) is 16.6. The fourth-order valence-electron chi connectivity index (χ4n) is 2.84. The lowest BCUT2D eigenvalue weighted by Crippen LogP contribution is -2.27. The molecule has 8 heteroatoms. The zero-order valence-electron chi connectivity index (χ0n) is 14.6. The number of carbonyl (C=O) groups excluding carboxylic acids is 1. The normalized spacial score (nSPS) is 11.9. The third-order valence-corrected chi connectivity index (χ3v) is 4.29. The third-order valence-electron chi connectivity index (χ3n) is 4.29. The second-order valence-electron chi connectivity index (χ2n) is 6.03. The minimum absolute atomic E-state index is 0.156. The van der Waals surface area contributed by atoms with Crippen molar-refractivity contribution in [1.82, 2.24) is 35.1 Å². The average Bonchev–Trinajstić information content (AvgIpc) is 3.42. The summed E-state index contributed by atoms with van der Waals surface area (Å²) < 4.78 is 3.40. The standard InChI is InChI=1S/C19H17N7O/c1-14(15-6-8-16(9-7-15)25-11-10-20-12-25)22-19(27)17-4-2-3-5-18(17)26-13-21-23-24-26/h2-14H,1H3,(H,22,27). The number of carbonyl (C=O) groups is 1. The molecule has 0 aliphatic rings. The lowest BCUT2D eigenvalue weighted by atomic mass is 10.1. The Morgan fingerprint density at radius 1 is 1.07 bits per heavy atom. The van der Waals surface area contributed by atoms with Crippen molar-refractivity contribution in [3.63, 3.8) is 0 Å². The summed E-state index contributed by atoms with van der Waals surface area (Å²) >= 11 is 0. The van der Waals surface area contributed by atoms with E-state index in [1.165, 1.54) is 11.0 Å². The molecule has 1 N–H and O–H groups in total. The van der Waals surface area contributed by atoms with Crippen LogP contribution >= 0.6 is 0 Å². The summed E-state index contributed by atoms with van der Waals surface area (Å²) in [5, 5.41) is 14.2. The summed E-state index contributed by atoms with van der Waals surface area (Å²) in [4.78, 5) is 16.8. The maximum Gasteiger partial charge on any atom is 0.253 e. The minimum Gasteiger partial charge on any atom is -0.345 e. The quantitative estimate of drug-likeness (QED) is 0.591. The Hall–Kier alpha value is -3.81. The van der Waals surface area contributed by atoms with E-state index in [4.69, 9.17) is 0 Å². The number of rotatable bonds is 5. The first-order valence-electron chi connectivity index (χ1n) is 8.44. The predicted molar refractivity (Wildman–Crippen MR) is 98.6 cm³/mol. The van der Waals surface area contributed by atoms with Crippen LogP contribution in [0.4, 0.5) is 0 Å². The van der Waals surface area contributed by atoms with Crippen LogP contribution in [0.25, 0.3) is 11.4 Å². The molecule has 2 aromatic heterocycles. The van der Waals surface area contributed by atoms with Gasteiger partial charge in [-0.05, 0) is 47.2 Å². The molecule has 0 fully saturated rings. The maximum absolute atomic E-state index is 12.8. The van der Waals surface area contributed by atoms with Crippen LogP contribution in [0.5, 0.6) is 0 Å². The SMILES string of the molecule is CC(NC(=O)c1ccccc1-n1cnnn1)c1ccc(-n2ccnc2)cc1. The Bertz CT molecular complexity index is 1020. The number of imidazole rings is 1. The zero-order chi connectivity index (χ0) is 18.6. The number of nitrogens with one attached hydrogen (secondary N) is 1. The molecule has 4 aromatic rings. The van der Waals surface area contributed by atoms with Gasteiger partial charge in [0.1, 0.15) is 6.33 Å². The zero-order valence-corrected chi connectivity index (χ0v) is 14.6. The van der Waals surface area contributed by atoms with Gasteiger partial charge in [0.05, 0.1) is 23.6 Å². The van der Waals surface area contributed by atoms with Crippen LogP contribution in [-0.2, 0) is 0 Å². The topological polar surface area (TPSA) is 90.5 Å². The van der Waals surface area contributed by atoms with Crippen LogP contribution in [0.3, 0.4) is 0 Å². The van der Waals surface area contributed by atoms with Gasteiger partial charge in [-0.2, -0.15) is 4.68 Å². The second kappa shape index (κ2) is 7.20. The van der Waals surface area contributed by atoms with Crippen LogP contribution in [-0.4, -0.2) is 35.7 Å². The summed E-state index contributed by atoms with van der Waals surface area (Å²) in [6, 6.07) is 15.0. The van der Waals surface area contributed by atoms with Gasteiger partial charge in [-0.15, -0.1) is 5.10 Å². The van der Waals surface area contributed by atoms with Gasteiger partial charge in [0.25, 0.3) is 5.91 Å². The molecule has 0 bridgehead atoms. The first-order chi connectivity index (χ1) is 13.2. The smallest absolute Gasteiger partial charge is 0.253 e. The highest BCUT2D eigenvalue weighted by Crippen LogP contribution is 2.18. The average molecular weight is 359 g/mol. The van der Waals surface area contributed by atoms with Gasteiger partial charge < -0.3 is 9.88 Å². The monoisotopic (exact) mass is 359 g/mol. The Balaban J connectivity index is 1.52. The molecule has 8 nitrogen and oxygen atoms in total. The van der Waals surface area contributed by atoms with Crippen LogP contribution < -0.4 is 5.32 Å². The van der Waals surface area contributed by atoms with E-state index < -0.39 is 0 Å². The van der Waals surface area contributed by atoms with Crippen LogP contribution in [0.1, 0.15) is 28.9 Å². The van der Waals surface area contributed by atoms with Gasteiger partial charge in [0.15, 0.2) is 0 Å². The number of nitrogens with zero attached hydrogens (tertiary/aromatic N) is 6. The number of benzene rings is 2. The molecule has 0 saturated carbocycles. The van der Waals surface area contributed by atoms with Gasteiger partial charge in [-0.3, -0.25) is 4.79 Å². The predicted octanol–water partition coefficient (Wildman–Crippen LogP) is 2.34. The number of hydrogen-bond donors (Lipinski definition) is 1. The number of tetrazole rings is 1. The Morgan fingerprint density at radius 2 is 1.89 bits per heavy atom. The van der Waals surface area contributed by atoms with Crippen molar-refractivity contribution in [2.45, 2.75) is 13.0 Å². The molecule has 0 saturated heterocycles. The van der Waals surface area contributed by atoms with E-state index in [1.807, 2.05) is 54.1 Å². The molecule has 2 heterocycles. The maximum atomic E-state index is 12.8. The summed E-state index contributed by atoms with van der Waals surface area (Å²) in [6.07, 6.45) is 6.83. The molecule has 1 atom stereocenters. The second-order valence-corrected chi connectivity index (χ2v) is 6.03. The fraction of sp³-hybridized carbons (Fsp3) is 0.105. The molecule has 1 amide bonds. The van der Waals surface area contributed by atoms with E-state index in [0.717, 1.165) is 11.3 Å². The molecule has 0 spiro atoms. The highest BCUT2D eigenvalue weighted by Gasteiger charge is 2.16. The summed E-state index contributed by atoms with van der Waals surface area (Å²) in [5.41, 5.74) is 3.15. The van der Waals surface area contributed by atoms with E-state index in [-0.39, 0.29) is 11.9 Å². The minimum atomic E-state index is -0.188. The van der Waals surface area contributed by atoms with E-state index >= 15 is 0 Å². The van der Waals surface area contributed by atoms with Crippen LogP contribution in [0.15, 0.2) is 73.6 Å². The molecule has 2 aromatic carbocycles. The highest BCUT2D eigenvalue weighted by atomic mass is 16.1. The van der Waals surface area contributed by atoms with Crippen molar-refractivity contribution < 1.29 is 4.79 Å². The van der Waals surface area contributed by atoms with Crippen molar-refractivity contribution in [3.8, 4) is 11.4 Å². The summed E-state index contributed by atoms with van der Waals surface area (Å²) in [6.45, 7) is 1.95. The molecule has 0 aliphatic carbocycles. The first-order valence-corrected chi connectivity index (χ1v) is 8.44. The van der Waals surface area contributed by atoms with Crippen molar-refractivity contribution in [1.29, 1.82) is 0 Å². The Labute approximate surface area is 155 Å². The van der Waals surface area contributed by atoms with Crippen LogP contribution in [0.2, 0.25) is 0 Å². The van der Waals surface area contributed by atoms with Crippen molar-refractivity contribution in [3.05, 3.63) is 84.7 Å². The summed E-state index contributed by atoms with van der Waals surface area (Å²) in [7, 11) is 0. The molecule has 4 rings (SSSR count). The van der Waals surface area contributed by atoms with E-state index in [1.54, 1.807) is 24.7 Å².